The lowest BCUT2D eigenvalue weighted by Crippen LogP contribution is -2.38. The van der Waals surface area contributed by atoms with Crippen LogP contribution in [0.3, 0.4) is 0 Å². The highest BCUT2D eigenvalue weighted by Crippen LogP contribution is 2.44. The number of pyridine rings is 1. The van der Waals surface area contributed by atoms with Gasteiger partial charge in [-0.2, -0.15) is 0 Å². The van der Waals surface area contributed by atoms with Crippen LogP contribution in [0.15, 0.2) is 35.1 Å². The first kappa shape index (κ1) is 20.2. The molecule has 1 amide bonds. The van der Waals surface area contributed by atoms with E-state index in [9.17, 15) is 14.7 Å². The Morgan fingerprint density at radius 2 is 1.90 bits per heavy atom. The molecule has 3 aromatic rings. The van der Waals surface area contributed by atoms with Crippen molar-refractivity contribution in [1.82, 2.24) is 10.3 Å². The molecule has 2 fully saturated rings. The summed E-state index contributed by atoms with van der Waals surface area (Å²) >= 11 is 12.3. The van der Waals surface area contributed by atoms with Crippen LogP contribution in [0.2, 0.25) is 10.0 Å². The number of anilines is 1. The fourth-order valence-electron chi connectivity index (χ4n) is 5.10. The number of H-pyrrole nitrogens is 1. The predicted octanol–water partition coefficient (Wildman–Crippen LogP) is 4.71. The third-order valence-corrected chi connectivity index (χ3v) is 7.30. The molecule has 0 radical (unpaired) electrons. The number of para-hydroxylation sites is 1. The van der Waals surface area contributed by atoms with E-state index in [0.29, 0.717) is 28.5 Å². The van der Waals surface area contributed by atoms with Crippen molar-refractivity contribution in [3.8, 4) is 17.0 Å². The topological polar surface area (TPSA) is 108 Å². The molecule has 8 heteroatoms. The van der Waals surface area contributed by atoms with E-state index in [0.717, 1.165) is 12.8 Å². The third-order valence-electron chi connectivity index (χ3n) is 6.68. The van der Waals surface area contributed by atoms with Gasteiger partial charge in [0, 0.05) is 11.6 Å². The summed E-state index contributed by atoms with van der Waals surface area (Å²) in [7, 11) is 0. The summed E-state index contributed by atoms with van der Waals surface area (Å²) in [6.07, 6.45) is 4.58. The third kappa shape index (κ3) is 3.34. The first-order valence-corrected chi connectivity index (χ1v) is 11.0. The number of hydrogen-bond donors (Lipinski definition) is 4. The van der Waals surface area contributed by atoms with E-state index < -0.39 is 11.2 Å². The number of nitrogen functional groups attached to an aromatic ring is 1. The number of aromatic hydroxyl groups is 1. The van der Waals surface area contributed by atoms with Crippen LogP contribution in [-0.4, -0.2) is 22.0 Å². The molecule has 0 saturated heterocycles. The van der Waals surface area contributed by atoms with Crippen molar-refractivity contribution in [2.24, 2.45) is 11.8 Å². The number of carbonyl (C=O) groups excluding carboxylic acids is 1. The van der Waals surface area contributed by atoms with Gasteiger partial charge in [-0.1, -0.05) is 35.7 Å². The van der Waals surface area contributed by atoms with Crippen molar-refractivity contribution in [2.75, 3.05) is 5.73 Å². The molecular formula is C23H21Cl2N3O3. The van der Waals surface area contributed by atoms with E-state index in [1.54, 1.807) is 18.2 Å². The maximum absolute atomic E-state index is 13.1. The number of halogens is 2. The van der Waals surface area contributed by atoms with Gasteiger partial charge in [-0.3, -0.25) is 9.59 Å². The summed E-state index contributed by atoms with van der Waals surface area (Å²) < 4.78 is 0. The molecule has 3 atom stereocenters. The zero-order valence-electron chi connectivity index (χ0n) is 16.5. The number of benzene rings is 2. The van der Waals surface area contributed by atoms with Crippen LogP contribution in [0.1, 0.15) is 36.0 Å². The van der Waals surface area contributed by atoms with Crippen molar-refractivity contribution in [1.29, 1.82) is 0 Å². The standard InChI is InChI=1S/C23H21Cl2N3O3/c24-15-8-12(9-16(25)18(15)26)19-22(30)21(29)13-2-1-3-14(20(13)28-19)23(31)27-17-7-10-4-5-11(17)6-10/h1-3,8-11,17,30H,4-7,26H2,(H,27,31)(H,28,29)/t10-,11+,17?/m0/s1. The monoisotopic (exact) mass is 457 g/mol. The molecule has 5 N–H and O–H groups in total. The van der Waals surface area contributed by atoms with Crippen LogP contribution in [0, 0.1) is 11.8 Å². The summed E-state index contributed by atoms with van der Waals surface area (Å²) in [5.41, 5.74) is 6.66. The molecule has 2 aromatic carbocycles. The smallest absolute Gasteiger partial charge is 0.253 e. The van der Waals surface area contributed by atoms with E-state index >= 15 is 0 Å². The van der Waals surface area contributed by atoms with Gasteiger partial charge in [0.2, 0.25) is 5.43 Å². The molecule has 2 aliphatic rings. The van der Waals surface area contributed by atoms with Gasteiger partial charge in [0.1, 0.15) is 0 Å². The minimum absolute atomic E-state index is 0.126. The average molecular weight is 458 g/mol. The molecule has 2 bridgehead atoms. The van der Waals surface area contributed by atoms with Crippen LogP contribution in [0.4, 0.5) is 5.69 Å². The summed E-state index contributed by atoms with van der Waals surface area (Å²) in [6.45, 7) is 0. The Morgan fingerprint density at radius 3 is 2.55 bits per heavy atom. The number of aromatic nitrogens is 1. The molecule has 160 valence electrons. The lowest BCUT2D eigenvalue weighted by Gasteiger charge is -2.23. The normalized spacial score (nSPS) is 22.2. The molecule has 1 heterocycles. The van der Waals surface area contributed by atoms with E-state index in [-0.39, 0.29) is 38.8 Å². The summed E-state index contributed by atoms with van der Waals surface area (Å²) in [6, 6.07) is 8.08. The van der Waals surface area contributed by atoms with E-state index in [4.69, 9.17) is 28.9 Å². The molecule has 1 unspecified atom stereocenters. The van der Waals surface area contributed by atoms with Gasteiger partial charge in [0.25, 0.3) is 5.91 Å². The maximum Gasteiger partial charge on any atom is 0.253 e. The second-order valence-electron chi connectivity index (χ2n) is 8.51. The van der Waals surface area contributed by atoms with Gasteiger partial charge in [-0.05, 0) is 55.4 Å². The molecule has 0 aliphatic heterocycles. The number of fused-ring (bicyclic) bond motifs is 3. The molecule has 1 aromatic heterocycles. The van der Waals surface area contributed by atoms with Gasteiger partial charge in [-0.15, -0.1) is 0 Å². The Labute approximate surface area is 188 Å². The Bertz CT molecular complexity index is 1260. The molecule has 2 saturated carbocycles. The zero-order valence-corrected chi connectivity index (χ0v) is 18.1. The zero-order chi connectivity index (χ0) is 21.9. The lowest BCUT2D eigenvalue weighted by atomic mass is 9.95. The lowest BCUT2D eigenvalue weighted by molar-refractivity contribution is 0.0924. The summed E-state index contributed by atoms with van der Waals surface area (Å²) in [5.74, 6) is 0.520. The number of carbonyl (C=O) groups is 1. The first-order valence-electron chi connectivity index (χ1n) is 10.3. The van der Waals surface area contributed by atoms with Crippen LogP contribution >= 0.6 is 23.2 Å². The van der Waals surface area contributed by atoms with Crippen molar-refractivity contribution < 1.29 is 9.90 Å². The fourth-order valence-corrected chi connectivity index (χ4v) is 5.58. The van der Waals surface area contributed by atoms with Gasteiger partial charge < -0.3 is 21.1 Å². The van der Waals surface area contributed by atoms with E-state index in [1.807, 2.05) is 0 Å². The highest BCUT2D eigenvalue weighted by molar-refractivity contribution is 6.39. The van der Waals surface area contributed by atoms with E-state index in [1.165, 1.54) is 25.0 Å². The van der Waals surface area contributed by atoms with Crippen LogP contribution < -0.4 is 16.5 Å². The number of nitrogens with two attached hydrogens (primary N) is 1. The number of nitrogens with one attached hydrogen (secondary N) is 2. The minimum Gasteiger partial charge on any atom is -0.503 e. The van der Waals surface area contributed by atoms with Crippen LogP contribution in [-0.2, 0) is 0 Å². The average Bonchev–Trinajstić information content (AvgIpc) is 3.37. The summed E-state index contributed by atoms with van der Waals surface area (Å²) in [5, 5.41) is 14.4. The molecule has 31 heavy (non-hydrogen) atoms. The van der Waals surface area contributed by atoms with Gasteiger partial charge in [0.05, 0.1) is 37.9 Å². The van der Waals surface area contributed by atoms with Gasteiger partial charge >= 0.3 is 0 Å². The van der Waals surface area contributed by atoms with Gasteiger partial charge in [-0.25, -0.2) is 0 Å². The number of aromatic amines is 1. The number of hydrogen-bond acceptors (Lipinski definition) is 4. The molecule has 6 nitrogen and oxygen atoms in total. The van der Waals surface area contributed by atoms with Crippen LogP contribution in [0.5, 0.6) is 5.75 Å². The van der Waals surface area contributed by atoms with Crippen molar-refractivity contribution in [2.45, 2.75) is 31.7 Å². The van der Waals surface area contributed by atoms with E-state index in [2.05, 4.69) is 10.3 Å². The quantitative estimate of drug-likeness (QED) is 0.427. The number of amides is 1. The Kier molecular flexibility index (Phi) is 4.87. The largest absolute Gasteiger partial charge is 0.503 e. The van der Waals surface area contributed by atoms with Crippen molar-refractivity contribution in [3.05, 3.63) is 56.2 Å². The van der Waals surface area contributed by atoms with Crippen molar-refractivity contribution in [3.63, 3.8) is 0 Å². The second-order valence-corrected chi connectivity index (χ2v) is 9.33. The molecule has 2 aliphatic carbocycles. The van der Waals surface area contributed by atoms with Crippen LogP contribution in [0.25, 0.3) is 22.2 Å². The fraction of sp³-hybridized carbons (Fsp3) is 0.304. The van der Waals surface area contributed by atoms with Crippen molar-refractivity contribution >= 4 is 45.7 Å². The number of rotatable bonds is 3. The SMILES string of the molecule is Nc1c(Cl)cc(-c2[nH]c3c(C(=O)NC4C[C@H]5CC[C@@H]4C5)cccc3c(=O)c2O)cc1Cl. The Morgan fingerprint density at radius 1 is 1.16 bits per heavy atom. The second kappa shape index (κ2) is 7.46. The minimum atomic E-state index is -0.581. The summed E-state index contributed by atoms with van der Waals surface area (Å²) in [4.78, 5) is 29.1. The highest BCUT2D eigenvalue weighted by Gasteiger charge is 2.40. The predicted molar refractivity (Wildman–Crippen MR) is 123 cm³/mol. The molecular weight excluding hydrogens is 437 g/mol. The van der Waals surface area contributed by atoms with Gasteiger partial charge in [0.15, 0.2) is 5.75 Å². The maximum atomic E-state index is 13.1. The molecule has 5 rings (SSSR count). The Balaban J connectivity index is 1.61. The first-order chi connectivity index (χ1) is 14.8. The highest BCUT2D eigenvalue weighted by atomic mass is 35.5. The molecule has 0 spiro atoms. The Hall–Kier alpha value is -2.70.